The summed E-state index contributed by atoms with van der Waals surface area (Å²) in [5, 5.41) is 8.56. The highest BCUT2D eigenvalue weighted by Crippen LogP contribution is 1.91. The van der Waals surface area contributed by atoms with Gasteiger partial charge in [0, 0.05) is 26.2 Å². The largest absolute Gasteiger partial charge is 0.301 e. The second kappa shape index (κ2) is 3.87. The predicted octanol–water partition coefficient (Wildman–Crippen LogP) is -0.00143. The molecule has 0 saturated carbocycles. The quantitative estimate of drug-likeness (QED) is 0.682. The van der Waals surface area contributed by atoms with E-state index in [9.17, 15) is 9.59 Å². The lowest BCUT2D eigenvalue weighted by Crippen LogP contribution is -2.42. The van der Waals surface area contributed by atoms with Crippen LogP contribution in [0.4, 0.5) is 0 Å². The van der Waals surface area contributed by atoms with Crippen LogP contribution in [0.5, 0.6) is 0 Å². The fourth-order valence-electron chi connectivity index (χ4n) is 1.10. The van der Waals surface area contributed by atoms with Crippen molar-refractivity contribution in [3.8, 4) is 0 Å². The zero-order chi connectivity index (χ0) is 10.7. The number of imide groups is 1. The first-order valence-electron chi connectivity index (χ1n) is 4.07. The average Bonchev–Trinajstić information content (AvgIpc) is 2.07. The van der Waals surface area contributed by atoms with Gasteiger partial charge in [0.15, 0.2) is 0 Å². The average molecular weight is 193 g/mol. The number of amides is 2. The molecule has 1 rings (SSSR count). The van der Waals surface area contributed by atoms with Crippen molar-refractivity contribution in [2.45, 2.75) is 13.8 Å². The molecule has 0 aliphatic rings. The molecular formula is C9H11N3O2. The highest BCUT2D eigenvalue weighted by Gasteiger charge is 2.13. The molecule has 0 atom stereocenters. The van der Waals surface area contributed by atoms with Gasteiger partial charge in [-0.05, 0) is 12.1 Å². The van der Waals surface area contributed by atoms with Gasteiger partial charge in [-0.1, -0.05) is 0 Å². The molecule has 0 radical (unpaired) electrons. The fourth-order valence-corrected chi connectivity index (χ4v) is 1.10. The Hall–Kier alpha value is -1.91. The molecule has 5 heteroatoms. The summed E-state index contributed by atoms with van der Waals surface area (Å²) in [5.41, 5.74) is 0. The number of nitrogens with zero attached hydrogens (tertiary/aromatic N) is 2. The Kier molecular flexibility index (Phi) is 2.81. The number of pyridine rings is 1. The highest BCUT2D eigenvalue weighted by atomic mass is 16.2. The first-order chi connectivity index (χ1) is 6.52. The molecule has 1 aromatic heterocycles. The van der Waals surface area contributed by atoms with Gasteiger partial charge >= 0.3 is 0 Å². The van der Waals surface area contributed by atoms with Crippen molar-refractivity contribution in [3.05, 3.63) is 29.9 Å². The molecule has 5 nitrogen and oxygen atoms in total. The van der Waals surface area contributed by atoms with E-state index in [0.717, 1.165) is 5.01 Å². The van der Waals surface area contributed by atoms with E-state index in [-0.39, 0.29) is 11.8 Å². The first-order valence-corrected chi connectivity index (χ1v) is 4.07. The molecule has 0 aliphatic heterocycles. The summed E-state index contributed by atoms with van der Waals surface area (Å²) < 4.78 is 1.35. The standard InChI is InChI=1S/C9H11N3O2/c1-7(13)12(8(2)14)11-5-3-9(10)4-6-11/h3-6,10H,1-2H3. The minimum absolute atomic E-state index is 0.327. The van der Waals surface area contributed by atoms with Gasteiger partial charge in [0.1, 0.15) is 0 Å². The smallest absolute Gasteiger partial charge is 0.245 e. The van der Waals surface area contributed by atoms with Gasteiger partial charge in [0.05, 0.1) is 5.36 Å². The topological polar surface area (TPSA) is 66.2 Å². The molecule has 74 valence electrons. The van der Waals surface area contributed by atoms with Crippen molar-refractivity contribution in [2.75, 3.05) is 5.01 Å². The maximum atomic E-state index is 11.1. The van der Waals surface area contributed by atoms with Gasteiger partial charge in [-0.25, -0.2) is 0 Å². The molecule has 0 saturated heterocycles. The number of hydrogen-bond donors (Lipinski definition) is 1. The van der Waals surface area contributed by atoms with Crippen LogP contribution in [0, 0.1) is 5.41 Å². The monoisotopic (exact) mass is 193 g/mol. The van der Waals surface area contributed by atoms with Crippen LogP contribution in [0.2, 0.25) is 0 Å². The van der Waals surface area contributed by atoms with E-state index in [4.69, 9.17) is 5.41 Å². The van der Waals surface area contributed by atoms with Gasteiger partial charge in [-0.2, -0.15) is 5.01 Å². The van der Waals surface area contributed by atoms with Crippen LogP contribution >= 0.6 is 0 Å². The molecule has 0 fully saturated rings. The number of aromatic nitrogens is 1. The van der Waals surface area contributed by atoms with Crippen LogP contribution < -0.4 is 10.4 Å². The molecule has 0 bridgehead atoms. The summed E-state index contributed by atoms with van der Waals surface area (Å²) in [6, 6.07) is 3.00. The molecule has 1 N–H and O–H groups in total. The van der Waals surface area contributed by atoms with Gasteiger partial charge < -0.3 is 5.41 Å². The molecule has 14 heavy (non-hydrogen) atoms. The van der Waals surface area contributed by atoms with E-state index in [1.165, 1.54) is 43.0 Å². The Morgan fingerprint density at radius 1 is 1.21 bits per heavy atom. The van der Waals surface area contributed by atoms with Crippen molar-refractivity contribution in [2.24, 2.45) is 0 Å². The van der Waals surface area contributed by atoms with Gasteiger partial charge in [0.25, 0.3) is 0 Å². The predicted molar refractivity (Wildman–Crippen MR) is 49.9 cm³/mol. The number of carbonyl (C=O) groups is 2. The Labute approximate surface area is 81.1 Å². The lowest BCUT2D eigenvalue weighted by atomic mass is 10.4. The van der Waals surface area contributed by atoms with Crippen molar-refractivity contribution >= 4 is 11.8 Å². The van der Waals surface area contributed by atoms with Crippen molar-refractivity contribution in [3.63, 3.8) is 0 Å². The SMILES string of the molecule is CC(=O)N(C(C)=O)n1ccc(=N)cc1. The van der Waals surface area contributed by atoms with E-state index in [1.807, 2.05) is 0 Å². The Balaban J connectivity index is 3.12. The third kappa shape index (κ3) is 2.07. The normalized spacial score (nSPS) is 9.57. The van der Waals surface area contributed by atoms with Gasteiger partial charge in [0.2, 0.25) is 11.8 Å². The zero-order valence-electron chi connectivity index (χ0n) is 8.02. The molecular weight excluding hydrogens is 182 g/mol. The lowest BCUT2D eigenvalue weighted by Gasteiger charge is -2.19. The van der Waals surface area contributed by atoms with Gasteiger partial charge in [-0.15, -0.1) is 0 Å². The number of rotatable bonds is 1. The number of hydrogen-bond acceptors (Lipinski definition) is 3. The second-order valence-corrected chi connectivity index (χ2v) is 2.82. The molecule has 2 amide bonds. The van der Waals surface area contributed by atoms with Crippen LogP contribution in [0.15, 0.2) is 24.5 Å². The van der Waals surface area contributed by atoms with Crippen LogP contribution in [0.3, 0.4) is 0 Å². The summed E-state index contributed by atoms with van der Waals surface area (Å²) in [4.78, 5) is 22.2. The first kappa shape index (κ1) is 10.2. The lowest BCUT2D eigenvalue weighted by molar-refractivity contribution is -0.126. The molecule has 0 spiro atoms. The molecule has 0 unspecified atom stereocenters. The molecule has 0 aromatic carbocycles. The number of carbonyl (C=O) groups excluding carboxylic acids is 2. The van der Waals surface area contributed by atoms with Crippen molar-refractivity contribution in [1.29, 1.82) is 5.41 Å². The molecule has 0 aliphatic carbocycles. The van der Waals surface area contributed by atoms with Crippen LogP contribution in [-0.2, 0) is 9.59 Å². The third-order valence-corrected chi connectivity index (χ3v) is 1.64. The number of nitrogens with one attached hydrogen (secondary N) is 1. The minimum Gasteiger partial charge on any atom is -0.301 e. The van der Waals surface area contributed by atoms with Crippen molar-refractivity contribution in [1.82, 2.24) is 4.68 Å². The zero-order valence-corrected chi connectivity index (χ0v) is 8.02. The third-order valence-electron chi connectivity index (χ3n) is 1.64. The second-order valence-electron chi connectivity index (χ2n) is 2.82. The summed E-state index contributed by atoms with van der Waals surface area (Å²) in [6.45, 7) is 2.62. The Bertz CT molecular complexity index is 388. The summed E-state index contributed by atoms with van der Waals surface area (Å²) in [7, 11) is 0. The summed E-state index contributed by atoms with van der Waals surface area (Å²) in [5.74, 6) is -0.722. The Morgan fingerprint density at radius 2 is 1.64 bits per heavy atom. The Morgan fingerprint density at radius 3 is 2.00 bits per heavy atom. The van der Waals surface area contributed by atoms with E-state index < -0.39 is 0 Å². The van der Waals surface area contributed by atoms with Crippen molar-refractivity contribution < 1.29 is 9.59 Å². The van der Waals surface area contributed by atoms with E-state index in [2.05, 4.69) is 0 Å². The summed E-state index contributed by atoms with van der Waals surface area (Å²) in [6.07, 6.45) is 2.98. The van der Waals surface area contributed by atoms with Crippen LogP contribution in [-0.4, -0.2) is 16.5 Å². The summed E-state index contributed by atoms with van der Waals surface area (Å²) >= 11 is 0. The van der Waals surface area contributed by atoms with E-state index in [1.54, 1.807) is 0 Å². The highest BCUT2D eigenvalue weighted by molar-refractivity contribution is 6.06. The maximum absolute atomic E-state index is 11.1. The van der Waals surface area contributed by atoms with Gasteiger partial charge in [-0.3, -0.25) is 14.3 Å². The molecule has 1 heterocycles. The van der Waals surface area contributed by atoms with Crippen LogP contribution in [0.1, 0.15) is 13.8 Å². The van der Waals surface area contributed by atoms with E-state index in [0.29, 0.717) is 5.36 Å². The van der Waals surface area contributed by atoms with Crippen LogP contribution in [0.25, 0.3) is 0 Å². The minimum atomic E-state index is -0.361. The maximum Gasteiger partial charge on any atom is 0.245 e. The molecule has 1 aromatic rings. The van der Waals surface area contributed by atoms with E-state index >= 15 is 0 Å². The fraction of sp³-hybridized carbons (Fsp3) is 0.222.